The molecule has 2 N–H and O–H groups in total. The highest BCUT2D eigenvalue weighted by Crippen LogP contribution is 2.42. The minimum Gasteiger partial charge on any atom is -0.456 e. The molecule has 140 valence electrons. The monoisotopic (exact) mass is 387 g/mol. The fourth-order valence-corrected chi connectivity index (χ4v) is 3.73. The molecule has 0 radical (unpaired) electrons. The van der Waals surface area contributed by atoms with Crippen LogP contribution in [0.15, 0.2) is 45.1 Å². The molecule has 2 aliphatic rings. The van der Waals surface area contributed by atoms with Gasteiger partial charge in [0.25, 0.3) is 5.56 Å². The van der Waals surface area contributed by atoms with Crippen LogP contribution in [0, 0.1) is 0 Å². The van der Waals surface area contributed by atoms with E-state index in [1.165, 1.54) is 4.57 Å². The first kappa shape index (κ1) is 17.6. The summed E-state index contributed by atoms with van der Waals surface area (Å²) in [5.74, 6) is -0.663. The van der Waals surface area contributed by atoms with E-state index in [-0.39, 0.29) is 6.61 Å². The Morgan fingerprint density at radius 3 is 2.67 bits per heavy atom. The zero-order valence-corrected chi connectivity index (χ0v) is 15.4. The number of fused-ring (bicyclic) bond motifs is 1. The average molecular weight is 388 g/mol. The molecule has 0 bridgehead atoms. The van der Waals surface area contributed by atoms with Crippen LogP contribution in [0.1, 0.15) is 36.8 Å². The van der Waals surface area contributed by atoms with Crippen LogP contribution in [0.2, 0.25) is 5.02 Å². The van der Waals surface area contributed by atoms with Gasteiger partial charge < -0.3 is 10.1 Å². The minimum absolute atomic E-state index is 0.0897. The lowest BCUT2D eigenvalue weighted by atomic mass is 9.83. The number of nitrogens with zero attached hydrogens (tertiary/aromatic N) is 1. The van der Waals surface area contributed by atoms with Crippen molar-refractivity contribution >= 4 is 23.4 Å². The van der Waals surface area contributed by atoms with Gasteiger partial charge >= 0.3 is 11.7 Å². The van der Waals surface area contributed by atoms with E-state index in [0.717, 1.165) is 18.4 Å². The molecule has 0 saturated carbocycles. The first-order valence-electron chi connectivity index (χ1n) is 8.81. The fourth-order valence-electron chi connectivity index (χ4n) is 3.61. The second-order valence-corrected chi connectivity index (χ2v) is 7.04. The molecule has 7 nitrogen and oxygen atoms in total. The van der Waals surface area contributed by atoms with Crippen LogP contribution in [0.4, 0.5) is 5.82 Å². The molecule has 2 aliphatic heterocycles. The number of carbonyl (C=O) groups is 1. The molecule has 0 saturated heterocycles. The Kier molecular flexibility index (Phi) is 4.39. The Labute approximate surface area is 159 Å². The van der Waals surface area contributed by atoms with E-state index >= 15 is 0 Å². The average Bonchev–Trinajstić information content (AvgIpc) is 3.01. The van der Waals surface area contributed by atoms with E-state index in [9.17, 15) is 14.4 Å². The topological polar surface area (TPSA) is 93.2 Å². The van der Waals surface area contributed by atoms with E-state index in [4.69, 9.17) is 16.3 Å². The third-order valence-electron chi connectivity index (χ3n) is 4.91. The lowest BCUT2D eigenvalue weighted by Gasteiger charge is -2.28. The molecule has 3 heterocycles. The molecule has 1 aromatic carbocycles. The Bertz CT molecular complexity index is 1070. The van der Waals surface area contributed by atoms with Crippen molar-refractivity contribution in [1.29, 1.82) is 0 Å². The number of aromatic nitrogens is 2. The molecule has 8 heteroatoms. The largest absolute Gasteiger partial charge is 0.456 e. The van der Waals surface area contributed by atoms with Crippen LogP contribution in [0.25, 0.3) is 0 Å². The van der Waals surface area contributed by atoms with Crippen molar-refractivity contribution in [3.8, 4) is 0 Å². The lowest BCUT2D eigenvalue weighted by molar-refractivity contribution is -0.136. The van der Waals surface area contributed by atoms with Gasteiger partial charge in [0.15, 0.2) is 0 Å². The molecule has 27 heavy (non-hydrogen) atoms. The number of cyclic esters (lactones) is 1. The number of nitrogens with one attached hydrogen (secondary N) is 2. The summed E-state index contributed by atoms with van der Waals surface area (Å²) in [6.45, 7) is 2.58. The van der Waals surface area contributed by atoms with E-state index in [2.05, 4.69) is 10.3 Å². The van der Waals surface area contributed by atoms with Gasteiger partial charge in [-0.15, -0.1) is 0 Å². The van der Waals surface area contributed by atoms with Crippen LogP contribution in [0.3, 0.4) is 0 Å². The zero-order valence-electron chi connectivity index (χ0n) is 14.7. The molecular weight excluding hydrogens is 370 g/mol. The molecule has 0 aliphatic carbocycles. The Morgan fingerprint density at radius 2 is 1.96 bits per heavy atom. The summed E-state index contributed by atoms with van der Waals surface area (Å²) in [6.07, 6.45) is 1.68. The second kappa shape index (κ2) is 6.74. The molecule has 4 rings (SSSR count). The van der Waals surface area contributed by atoms with Gasteiger partial charge in [-0.25, -0.2) is 9.59 Å². The lowest BCUT2D eigenvalue weighted by Crippen LogP contribution is -2.38. The highest BCUT2D eigenvalue weighted by atomic mass is 35.5. The summed E-state index contributed by atoms with van der Waals surface area (Å²) in [5.41, 5.74) is 1.08. The number of aromatic amines is 1. The first-order valence-corrected chi connectivity index (χ1v) is 9.18. The maximum absolute atomic E-state index is 12.7. The third-order valence-corrected chi connectivity index (χ3v) is 5.17. The number of anilines is 1. The number of H-pyrrole nitrogens is 1. The van der Waals surface area contributed by atoms with Crippen LogP contribution in [-0.4, -0.2) is 22.1 Å². The van der Waals surface area contributed by atoms with Crippen molar-refractivity contribution in [3.05, 3.63) is 72.5 Å². The Morgan fingerprint density at radius 1 is 1.22 bits per heavy atom. The molecule has 0 fully saturated rings. The van der Waals surface area contributed by atoms with Crippen molar-refractivity contribution < 1.29 is 9.53 Å². The van der Waals surface area contributed by atoms with Gasteiger partial charge in [0.1, 0.15) is 12.4 Å². The maximum Gasteiger partial charge on any atom is 0.337 e. The quantitative estimate of drug-likeness (QED) is 0.785. The van der Waals surface area contributed by atoms with Crippen LogP contribution in [-0.2, 0) is 16.1 Å². The fraction of sp³-hybridized carbons (Fsp3) is 0.316. The molecule has 1 aromatic heterocycles. The number of esters is 1. The van der Waals surface area contributed by atoms with E-state index < -0.39 is 23.1 Å². The summed E-state index contributed by atoms with van der Waals surface area (Å²) in [7, 11) is 0. The minimum atomic E-state index is -0.624. The highest BCUT2D eigenvalue weighted by Gasteiger charge is 2.41. The van der Waals surface area contributed by atoms with Crippen LogP contribution >= 0.6 is 11.6 Å². The first-order chi connectivity index (χ1) is 13.0. The second-order valence-electron chi connectivity index (χ2n) is 6.60. The summed E-state index contributed by atoms with van der Waals surface area (Å²) >= 11 is 6.00. The number of benzene rings is 1. The van der Waals surface area contributed by atoms with E-state index in [1.807, 2.05) is 6.92 Å². The van der Waals surface area contributed by atoms with Gasteiger partial charge in [0.2, 0.25) is 0 Å². The Hall–Kier alpha value is -2.80. The SMILES string of the molecule is CCCCn1c2c(c(=O)[nH]c1=O)C(c1ccc(Cl)cc1)C1=C(COC1=O)N2. The molecule has 2 aromatic rings. The summed E-state index contributed by atoms with van der Waals surface area (Å²) in [4.78, 5) is 39.9. The summed E-state index contributed by atoms with van der Waals surface area (Å²) in [5, 5.41) is 3.66. The number of hydrogen-bond donors (Lipinski definition) is 2. The van der Waals surface area contributed by atoms with Gasteiger partial charge in [-0.3, -0.25) is 14.3 Å². The molecule has 1 atom stereocenters. The van der Waals surface area contributed by atoms with Crippen LogP contribution in [0.5, 0.6) is 0 Å². The van der Waals surface area contributed by atoms with Gasteiger partial charge in [-0.1, -0.05) is 37.1 Å². The van der Waals surface area contributed by atoms with Crippen molar-refractivity contribution in [2.75, 3.05) is 11.9 Å². The normalized spacial score (nSPS) is 18.0. The number of carbonyl (C=O) groups excluding carboxylic acids is 1. The number of rotatable bonds is 4. The smallest absolute Gasteiger partial charge is 0.337 e. The predicted octanol–water partition coefficient (Wildman–Crippen LogP) is 2.36. The summed E-state index contributed by atoms with van der Waals surface area (Å²) < 4.78 is 6.72. The third kappa shape index (κ3) is 2.88. The van der Waals surface area contributed by atoms with Gasteiger partial charge in [0, 0.05) is 11.6 Å². The maximum atomic E-state index is 12.7. The van der Waals surface area contributed by atoms with Gasteiger partial charge in [-0.05, 0) is 24.1 Å². The predicted molar refractivity (Wildman–Crippen MR) is 101 cm³/mol. The molecule has 0 spiro atoms. The van der Waals surface area contributed by atoms with Crippen LogP contribution < -0.4 is 16.6 Å². The highest BCUT2D eigenvalue weighted by molar-refractivity contribution is 6.30. The number of unbranched alkanes of at least 4 members (excludes halogenated alkanes) is 1. The number of hydrogen-bond acceptors (Lipinski definition) is 5. The van der Waals surface area contributed by atoms with Crippen molar-refractivity contribution in [2.45, 2.75) is 32.2 Å². The van der Waals surface area contributed by atoms with Crippen molar-refractivity contribution in [1.82, 2.24) is 9.55 Å². The van der Waals surface area contributed by atoms with Gasteiger partial charge in [-0.2, -0.15) is 0 Å². The molecule has 1 unspecified atom stereocenters. The van der Waals surface area contributed by atoms with E-state index in [0.29, 0.717) is 34.2 Å². The summed E-state index contributed by atoms with van der Waals surface area (Å²) in [6, 6.07) is 6.97. The number of ether oxygens (including phenoxy) is 1. The zero-order chi connectivity index (χ0) is 19.1. The van der Waals surface area contributed by atoms with Gasteiger partial charge in [0.05, 0.1) is 22.8 Å². The molecular formula is C19H18ClN3O4. The van der Waals surface area contributed by atoms with E-state index in [1.54, 1.807) is 24.3 Å². The number of halogens is 1. The Balaban J connectivity index is 1.98. The van der Waals surface area contributed by atoms with Crippen molar-refractivity contribution in [3.63, 3.8) is 0 Å². The standard InChI is InChI=1S/C19H18ClN3O4/c1-2-3-8-23-16-15(17(24)22-19(23)26)13(10-4-6-11(20)7-5-10)14-12(21-16)9-27-18(14)25/h4-7,13,21H,2-3,8-9H2,1H3,(H,22,24,26). The van der Waals surface area contributed by atoms with Crippen molar-refractivity contribution in [2.24, 2.45) is 0 Å². The molecule has 0 amide bonds.